The van der Waals surface area contributed by atoms with Gasteiger partial charge in [0, 0.05) is 13.1 Å². The molecule has 1 aliphatic rings. The number of sulfonamides is 1. The molecule has 0 unspecified atom stereocenters. The van der Waals surface area contributed by atoms with Crippen molar-refractivity contribution in [2.75, 3.05) is 25.4 Å². The maximum Gasteiger partial charge on any atom is 0.214 e. The average molecular weight is 424 g/mol. The van der Waals surface area contributed by atoms with Crippen LogP contribution in [0.1, 0.15) is 19.3 Å². The van der Waals surface area contributed by atoms with Crippen LogP contribution >= 0.6 is 0 Å². The van der Waals surface area contributed by atoms with Crippen molar-refractivity contribution in [3.63, 3.8) is 0 Å². The molecule has 28 heavy (non-hydrogen) atoms. The molecule has 1 fully saturated rings. The van der Waals surface area contributed by atoms with Gasteiger partial charge in [0.15, 0.2) is 9.84 Å². The van der Waals surface area contributed by atoms with Crippen molar-refractivity contribution in [3.8, 4) is 5.75 Å². The molecule has 0 atom stereocenters. The fourth-order valence-electron chi connectivity index (χ4n) is 3.30. The monoisotopic (exact) mass is 423 g/mol. The molecule has 0 N–H and O–H groups in total. The van der Waals surface area contributed by atoms with Gasteiger partial charge in [-0.15, -0.1) is 0 Å². The van der Waals surface area contributed by atoms with Crippen LogP contribution < -0.4 is 4.74 Å². The van der Waals surface area contributed by atoms with Crippen molar-refractivity contribution < 1.29 is 21.6 Å². The molecule has 8 heteroatoms. The lowest BCUT2D eigenvalue weighted by Gasteiger charge is -2.31. The molecule has 1 aliphatic heterocycles. The highest BCUT2D eigenvalue weighted by atomic mass is 32.2. The molecule has 0 bridgehead atoms. The number of sulfone groups is 1. The SMILES string of the molecule is O=S(=O)(c1ccccc1)C1CCN(S(=O)(=O)CCCOc2ccccc2)CC1. The van der Waals surface area contributed by atoms with Crippen LogP contribution in [0.4, 0.5) is 0 Å². The number of hydrogen-bond acceptors (Lipinski definition) is 5. The van der Waals surface area contributed by atoms with Gasteiger partial charge in [-0.3, -0.25) is 0 Å². The van der Waals surface area contributed by atoms with Crippen molar-refractivity contribution in [2.24, 2.45) is 0 Å². The molecule has 0 aromatic heterocycles. The van der Waals surface area contributed by atoms with Crippen LogP contribution in [0.25, 0.3) is 0 Å². The van der Waals surface area contributed by atoms with Gasteiger partial charge < -0.3 is 4.74 Å². The van der Waals surface area contributed by atoms with Crippen LogP contribution in [0.2, 0.25) is 0 Å². The van der Waals surface area contributed by atoms with Crippen molar-refractivity contribution >= 4 is 19.9 Å². The average Bonchev–Trinajstić information content (AvgIpc) is 2.73. The topological polar surface area (TPSA) is 80.8 Å². The van der Waals surface area contributed by atoms with E-state index < -0.39 is 25.1 Å². The zero-order valence-electron chi connectivity index (χ0n) is 15.6. The van der Waals surface area contributed by atoms with E-state index in [1.54, 1.807) is 30.3 Å². The summed E-state index contributed by atoms with van der Waals surface area (Å²) < 4.78 is 57.4. The quantitative estimate of drug-likeness (QED) is 0.610. The van der Waals surface area contributed by atoms with E-state index in [0.717, 1.165) is 0 Å². The Labute approximate surface area is 167 Å². The van der Waals surface area contributed by atoms with Gasteiger partial charge in [0.2, 0.25) is 10.0 Å². The van der Waals surface area contributed by atoms with Crippen LogP contribution in [-0.2, 0) is 19.9 Å². The van der Waals surface area contributed by atoms with E-state index in [0.29, 0.717) is 36.5 Å². The van der Waals surface area contributed by atoms with Crippen molar-refractivity contribution in [1.29, 1.82) is 0 Å². The van der Waals surface area contributed by atoms with Crippen LogP contribution in [-0.4, -0.2) is 51.8 Å². The van der Waals surface area contributed by atoms with Gasteiger partial charge in [-0.25, -0.2) is 21.1 Å². The maximum absolute atomic E-state index is 12.7. The first-order chi connectivity index (χ1) is 13.4. The number of para-hydroxylation sites is 1. The van der Waals surface area contributed by atoms with Crippen LogP contribution in [0.3, 0.4) is 0 Å². The summed E-state index contributed by atoms with van der Waals surface area (Å²) in [5, 5.41) is -0.539. The highest BCUT2D eigenvalue weighted by molar-refractivity contribution is 7.92. The molecule has 3 rings (SSSR count). The lowest BCUT2D eigenvalue weighted by Crippen LogP contribution is -2.43. The van der Waals surface area contributed by atoms with Gasteiger partial charge in [0.1, 0.15) is 5.75 Å². The van der Waals surface area contributed by atoms with E-state index in [9.17, 15) is 16.8 Å². The lowest BCUT2D eigenvalue weighted by molar-refractivity contribution is 0.312. The minimum Gasteiger partial charge on any atom is -0.494 e. The third-order valence-electron chi connectivity index (χ3n) is 4.86. The van der Waals surface area contributed by atoms with E-state index in [4.69, 9.17) is 4.74 Å². The summed E-state index contributed by atoms with van der Waals surface area (Å²) >= 11 is 0. The number of benzene rings is 2. The van der Waals surface area contributed by atoms with Crippen molar-refractivity contribution in [1.82, 2.24) is 4.31 Å². The van der Waals surface area contributed by atoms with E-state index in [2.05, 4.69) is 0 Å². The smallest absolute Gasteiger partial charge is 0.214 e. The number of nitrogens with zero attached hydrogens (tertiary/aromatic N) is 1. The summed E-state index contributed by atoms with van der Waals surface area (Å²) in [5.74, 6) is 0.711. The van der Waals surface area contributed by atoms with E-state index in [1.165, 1.54) is 4.31 Å². The Hall–Kier alpha value is -1.90. The largest absolute Gasteiger partial charge is 0.494 e. The first kappa shape index (κ1) is 20.8. The zero-order valence-corrected chi connectivity index (χ0v) is 17.2. The summed E-state index contributed by atoms with van der Waals surface area (Å²) in [4.78, 5) is 0.300. The number of rotatable bonds is 8. The lowest BCUT2D eigenvalue weighted by atomic mass is 10.2. The Kier molecular flexibility index (Phi) is 6.74. The molecule has 0 amide bonds. The molecule has 0 radical (unpaired) electrons. The third kappa shape index (κ3) is 5.12. The summed E-state index contributed by atoms with van der Waals surface area (Å²) in [6.07, 6.45) is 1.02. The highest BCUT2D eigenvalue weighted by Gasteiger charge is 2.34. The Morgan fingerprint density at radius 1 is 0.857 bits per heavy atom. The minimum atomic E-state index is -3.42. The van der Waals surface area contributed by atoms with Gasteiger partial charge in [-0.2, -0.15) is 0 Å². The maximum atomic E-state index is 12.7. The second-order valence-electron chi connectivity index (χ2n) is 6.79. The number of ether oxygens (including phenoxy) is 1. The minimum absolute atomic E-state index is 0.00403. The Morgan fingerprint density at radius 2 is 1.43 bits per heavy atom. The molecule has 2 aromatic carbocycles. The van der Waals surface area contributed by atoms with Crippen molar-refractivity contribution in [3.05, 3.63) is 60.7 Å². The van der Waals surface area contributed by atoms with Crippen molar-refractivity contribution in [2.45, 2.75) is 29.4 Å². The van der Waals surface area contributed by atoms with E-state index in [1.807, 2.05) is 30.3 Å². The van der Waals surface area contributed by atoms with E-state index >= 15 is 0 Å². The molecule has 1 heterocycles. The molecular formula is C20H25NO5S2. The molecule has 0 saturated carbocycles. The second-order valence-corrected chi connectivity index (χ2v) is 11.1. The standard InChI is InChI=1S/C20H25NO5S2/c22-27(23,17-7-16-26-18-8-3-1-4-9-18)21-14-12-20(13-15-21)28(24,25)19-10-5-2-6-11-19/h1-6,8-11,20H,7,12-17H2. The molecular weight excluding hydrogens is 398 g/mol. The first-order valence-corrected chi connectivity index (χ1v) is 12.5. The predicted molar refractivity (Wildman–Crippen MR) is 109 cm³/mol. The van der Waals surface area contributed by atoms with Gasteiger partial charge in [0.05, 0.1) is 22.5 Å². The summed E-state index contributed by atoms with van der Waals surface area (Å²) in [6, 6.07) is 17.6. The predicted octanol–water partition coefficient (Wildman–Crippen LogP) is 2.72. The Morgan fingerprint density at radius 3 is 2.04 bits per heavy atom. The Balaban J connectivity index is 1.49. The normalized spacial score (nSPS) is 16.7. The fraction of sp³-hybridized carbons (Fsp3) is 0.400. The molecule has 1 saturated heterocycles. The van der Waals surface area contributed by atoms with Gasteiger partial charge in [-0.1, -0.05) is 36.4 Å². The zero-order chi connectivity index (χ0) is 20.0. The van der Waals surface area contributed by atoms with Crippen LogP contribution in [0.5, 0.6) is 5.75 Å². The molecule has 0 aliphatic carbocycles. The molecule has 152 valence electrons. The van der Waals surface area contributed by atoms with Gasteiger partial charge in [-0.05, 0) is 43.5 Å². The van der Waals surface area contributed by atoms with Gasteiger partial charge >= 0.3 is 0 Å². The number of piperidine rings is 1. The first-order valence-electron chi connectivity index (χ1n) is 9.34. The van der Waals surface area contributed by atoms with E-state index in [-0.39, 0.29) is 18.8 Å². The second kappa shape index (κ2) is 9.07. The Bertz CT molecular complexity index is 952. The number of hydrogen-bond donors (Lipinski definition) is 0. The molecule has 6 nitrogen and oxygen atoms in total. The van der Waals surface area contributed by atoms with Gasteiger partial charge in [0.25, 0.3) is 0 Å². The third-order valence-corrected chi connectivity index (χ3v) is 9.10. The highest BCUT2D eigenvalue weighted by Crippen LogP contribution is 2.25. The molecule has 0 spiro atoms. The fourth-order valence-corrected chi connectivity index (χ4v) is 6.56. The van der Waals surface area contributed by atoms with Crippen LogP contribution in [0, 0.1) is 0 Å². The van der Waals surface area contributed by atoms with Crippen LogP contribution in [0.15, 0.2) is 65.6 Å². The summed E-state index contributed by atoms with van der Waals surface area (Å²) in [6.45, 7) is 0.791. The summed E-state index contributed by atoms with van der Waals surface area (Å²) in [7, 11) is -6.84. The summed E-state index contributed by atoms with van der Waals surface area (Å²) in [5.41, 5.74) is 0. The molecule has 2 aromatic rings.